The number of benzene rings is 6. The molecule has 6 rings (SSSR count). The molecule has 0 radical (unpaired) electrons. The maximum Gasteiger partial charge on any atom is 0.264 e. The number of halogens is 6. The summed E-state index contributed by atoms with van der Waals surface area (Å²) in [7, 11) is -23.2. The Morgan fingerprint density at radius 3 is 0.574 bits per heavy atom. The summed E-state index contributed by atoms with van der Waals surface area (Å²) in [5, 5.41) is 2.15. The lowest BCUT2D eigenvalue weighted by Crippen LogP contribution is -2.07. The molecule has 6 aromatic rings. The molecule has 6 atom stereocenters. The van der Waals surface area contributed by atoms with Gasteiger partial charge in [0.1, 0.15) is 17.5 Å². The van der Waals surface area contributed by atoms with Crippen molar-refractivity contribution in [1.82, 2.24) is 0 Å². The Kier molecular flexibility index (Phi) is 58.6. The number of hydrogen-bond donors (Lipinski definition) is 6. The molecule has 0 saturated heterocycles. The second kappa shape index (κ2) is 62.3. The van der Waals surface area contributed by atoms with Crippen molar-refractivity contribution in [3.05, 3.63) is 284 Å². The van der Waals surface area contributed by atoms with Crippen molar-refractivity contribution in [1.29, 1.82) is 0 Å². The molecule has 18 nitrogen and oxygen atoms in total. The fraction of sp³-hybridized carbons (Fsp3) is 0.547. The number of unbranched alkanes of at least 4 members (excludes halogenated alkanes) is 6. The molecule has 0 saturated carbocycles. The third kappa shape index (κ3) is 78.6. The van der Waals surface area contributed by atoms with Crippen LogP contribution in [0.2, 0.25) is 15.1 Å². The van der Waals surface area contributed by atoms with Gasteiger partial charge in [0.05, 0.1) is 34.5 Å². The van der Waals surface area contributed by atoms with Crippen molar-refractivity contribution in [3.8, 4) is 0 Å². The molecule has 0 aromatic heterocycles. The molecule has 136 heavy (non-hydrogen) atoms. The van der Waals surface area contributed by atoms with E-state index < -0.39 is 60.7 Å². The smallest absolute Gasteiger partial charge is 0.264 e. The average molecular weight is 2080 g/mol. The molecule has 0 heterocycles. The quantitative estimate of drug-likeness (QED) is 0.0117. The van der Waals surface area contributed by atoms with Crippen LogP contribution in [0.1, 0.15) is 285 Å². The fourth-order valence-electron chi connectivity index (χ4n) is 13.5. The maximum atomic E-state index is 13.1. The molecule has 0 fully saturated rings. The average Bonchev–Trinajstić information content (AvgIpc) is 0.874. The summed E-state index contributed by atoms with van der Waals surface area (Å²) in [5.74, 6) is -0.322. The van der Waals surface area contributed by atoms with E-state index in [-0.39, 0.29) is 108 Å². The van der Waals surface area contributed by atoms with Gasteiger partial charge in [-0.1, -0.05) is 344 Å². The molecule has 0 aliphatic rings. The zero-order valence-electron chi connectivity index (χ0n) is 83.3. The number of rotatable bonds is 46. The lowest BCUT2D eigenvalue weighted by molar-refractivity contribution is 0.473. The third-order valence-corrected chi connectivity index (χ3v) is 26.2. The van der Waals surface area contributed by atoms with Crippen molar-refractivity contribution in [2.75, 3.05) is 34.5 Å². The van der Waals surface area contributed by atoms with Crippen LogP contribution in [0, 0.1) is 73.6 Å². The van der Waals surface area contributed by atoms with Crippen molar-refractivity contribution in [2.24, 2.45) is 56.2 Å². The molecular weight excluding hydrogens is 1920 g/mol. The van der Waals surface area contributed by atoms with Gasteiger partial charge in [-0.3, -0.25) is 27.3 Å². The SMILES string of the molecule is CC(C)(C)/C=C/[C@@H](CCCCS(=O)(=O)O)Cc1ccc(Cl)cc1.CC(C)(C)/C=C/[C@@H](CCCCS(=O)(=O)O)Cc1ccc(F)cc1.CC(C)(C)/C=C/[C@H](CCCCS(=O)(=O)O)Cc1ccc(Cl)cc1.CC(C)(C)/C=C/[C@H](CCCCS(=O)(=O)O)Cc1ccc(F)cc1.CC(C)(C)/C=C/[C@H](CCCCS(=O)(=O)O)c1ccc(Cl)cc1.CC(C)(C)/C=C/[C@H](CCCCS(=O)(=O)O)c1ccc(F)cc1. The third-order valence-electron chi connectivity index (χ3n) is 20.6. The first-order chi connectivity index (χ1) is 62.3. The lowest BCUT2D eigenvalue weighted by atomic mass is 9.89. The van der Waals surface area contributed by atoms with Crippen LogP contribution in [-0.4, -0.2) is 112 Å². The molecule has 0 unspecified atom stereocenters. The Balaban J connectivity index is 0.000000816. The number of hydrogen-bond acceptors (Lipinski definition) is 12. The van der Waals surface area contributed by atoms with Crippen LogP contribution >= 0.6 is 34.8 Å². The van der Waals surface area contributed by atoms with E-state index in [0.717, 1.165) is 129 Å². The predicted octanol–water partition coefficient (Wildman–Crippen LogP) is 29.3. The van der Waals surface area contributed by atoms with Gasteiger partial charge in [-0.05, 0) is 265 Å². The first kappa shape index (κ1) is 128. The van der Waals surface area contributed by atoms with E-state index in [1.165, 1.54) is 47.5 Å². The van der Waals surface area contributed by atoms with E-state index in [4.69, 9.17) is 62.1 Å². The van der Waals surface area contributed by atoms with E-state index in [2.05, 4.69) is 198 Å². The summed E-state index contributed by atoms with van der Waals surface area (Å²) < 4.78 is 221. The molecule has 0 amide bonds. The highest BCUT2D eigenvalue weighted by Gasteiger charge is 2.21. The minimum Gasteiger partial charge on any atom is -0.286 e. The summed E-state index contributed by atoms with van der Waals surface area (Å²) in [5.41, 5.74) is 7.26. The number of allylic oxidation sites excluding steroid dienone is 12. The molecule has 30 heteroatoms. The Labute approximate surface area is 832 Å². The Bertz CT molecular complexity index is 4730. The first-order valence-electron chi connectivity index (χ1n) is 46.7. The highest BCUT2D eigenvalue weighted by Crippen LogP contribution is 2.33. The second-order valence-electron chi connectivity index (χ2n) is 41.7. The van der Waals surface area contributed by atoms with Crippen molar-refractivity contribution in [2.45, 2.75) is 278 Å². The Hall–Kier alpha value is -6.12. The molecule has 768 valence electrons. The molecular formula is C106H158Cl3F3O18S6. The van der Waals surface area contributed by atoms with Gasteiger partial charge in [-0.25, -0.2) is 13.2 Å². The summed E-state index contributed by atoms with van der Waals surface area (Å²) in [6, 6.07) is 42.8. The van der Waals surface area contributed by atoms with Gasteiger partial charge in [0.25, 0.3) is 60.7 Å². The van der Waals surface area contributed by atoms with Gasteiger partial charge in [-0.15, -0.1) is 0 Å². The monoisotopic (exact) mass is 2070 g/mol. The summed E-state index contributed by atoms with van der Waals surface area (Å²) in [6.07, 6.45) is 41.6. The molecule has 6 aromatic carbocycles. The molecule has 0 aliphatic carbocycles. The van der Waals surface area contributed by atoms with Crippen LogP contribution in [-0.2, 0) is 86.4 Å². The second-order valence-corrected chi connectivity index (χ2v) is 52.5. The molecule has 0 bridgehead atoms. The van der Waals surface area contributed by atoms with Gasteiger partial charge in [-0.2, -0.15) is 50.5 Å². The normalized spacial score (nSPS) is 14.3. The van der Waals surface area contributed by atoms with Gasteiger partial charge in [0, 0.05) is 26.9 Å². The van der Waals surface area contributed by atoms with E-state index in [9.17, 15) is 63.7 Å². The van der Waals surface area contributed by atoms with Crippen molar-refractivity contribution < 1.29 is 91.0 Å². The maximum absolute atomic E-state index is 13.1. The topological polar surface area (TPSA) is 326 Å². The Morgan fingerprint density at radius 1 is 0.235 bits per heavy atom. The van der Waals surface area contributed by atoms with Crippen LogP contribution in [0.4, 0.5) is 13.2 Å². The lowest BCUT2D eigenvalue weighted by Gasteiger charge is -2.17. The Morgan fingerprint density at radius 2 is 0.390 bits per heavy atom. The highest BCUT2D eigenvalue weighted by molar-refractivity contribution is 7.87. The predicted molar refractivity (Wildman–Crippen MR) is 561 cm³/mol. The van der Waals surface area contributed by atoms with Gasteiger partial charge >= 0.3 is 0 Å². The van der Waals surface area contributed by atoms with Gasteiger partial charge < -0.3 is 0 Å². The van der Waals surface area contributed by atoms with E-state index in [1.54, 1.807) is 36.4 Å². The van der Waals surface area contributed by atoms with E-state index >= 15 is 0 Å². The fourth-order valence-corrected chi connectivity index (χ4v) is 17.3. The van der Waals surface area contributed by atoms with Crippen LogP contribution < -0.4 is 0 Å². The van der Waals surface area contributed by atoms with Gasteiger partial charge in [0.2, 0.25) is 0 Å². The molecule has 0 aliphatic heterocycles. The van der Waals surface area contributed by atoms with E-state index in [1.807, 2.05) is 72.8 Å². The van der Waals surface area contributed by atoms with Crippen LogP contribution in [0.3, 0.4) is 0 Å². The first-order valence-corrected chi connectivity index (χ1v) is 57.5. The molecule has 0 spiro atoms. The molecule has 6 N–H and O–H groups in total. The summed E-state index contributed by atoms with van der Waals surface area (Å²) >= 11 is 17.8. The summed E-state index contributed by atoms with van der Waals surface area (Å²) in [6.45, 7) is 38.4. The van der Waals surface area contributed by atoms with E-state index in [0.29, 0.717) is 61.8 Å². The van der Waals surface area contributed by atoms with Crippen molar-refractivity contribution >= 4 is 95.5 Å². The largest absolute Gasteiger partial charge is 0.286 e. The highest BCUT2D eigenvalue weighted by atomic mass is 35.5. The minimum atomic E-state index is -3.90. The minimum absolute atomic E-state index is 0.0483. The van der Waals surface area contributed by atoms with Gasteiger partial charge in [0.15, 0.2) is 0 Å². The van der Waals surface area contributed by atoms with Crippen molar-refractivity contribution in [3.63, 3.8) is 0 Å². The zero-order chi connectivity index (χ0) is 104. The van der Waals surface area contributed by atoms with Crippen LogP contribution in [0.25, 0.3) is 0 Å². The summed E-state index contributed by atoms with van der Waals surface area (Å²) in [4.78, 5) is 0. The zero-order valence-corrected chi connectivity index (χ0v) is 90.5. The van der Waals surface area contributed by atoms with Crippen LogP contribution in [0.15, 0.2) is 219 Å². The van der Waals surface area contributed by atoms with Crippen LogP contribution in [0.5, 0.6) is 0 Å². The standard InChI is InChI=1S/2C18H27ClO3S.2C18H27FO3S.C17H25ClO3S.C17H25FO3S/c4*1-18(2,3)12-11-15(6-4-5-13-23(20,21)22)14-16-7-9-17(19)10-8-16;2*1-17(2,3)12-11-14(6-4-5-13-22(19,20)21)15-7-9-16(18)10-8-15/h4*7-12,15H,4-6,13-14H2,1-3H3,(H,20,21,22);2*7-12,14H,4-6,13H2,1-3H3,(H,19,20,21)/b6*12-11+/t4*15-;2*14-/m101000/s1.